The quantitative estimate of drug-likeness (QED) is 0.820. The van der Waals surface area contributed by atoms with Crippen LogP contribution in [0.4, 0.5) is 11.4 Å². The molecule has 2 rings (SSSR count). The van der Waals surface area contributed by atoms with E-state index in [0.29, 0.717) is 11.4 Å². The van der Waals surface area contributed by atoms with Gasteiger partial charge in [-0.3, -0.25) is 9.10 Å². The van der Waals surface area contributed by atoms with Gasteiger partial charge >= 0.3 is 0 Å². The van der Waals surface area contributed by atoms with Gasteiger partial charge in [-0.15, -0.1) is 0 Å². The molecule has 0 unspecified atom stereocenters. The topological polar surface area (TPSA) is 66.5 Å². The van der Waals surface area contributed by atoms with Crippen molar-refractivity contribution in [2.45, 2.75) is 13.8 Å². The number of para-hydroxylation sites is 1. The minimum absolute atomic E-state index is 0.287. The summed E-state index contributed by atoms with van der Waals surface area (Å²) in [4.78, 5) is 12.4. The van der Waals surface area contributed by atoms with Gasteiger partial charge in [0.2, 0.25) is 15.9 Å². The normalized spacial score (nSPS) is 11.2. The first-order valence-corrected chi connectivity index (χ1v) is 9.92. The molecule has 0 fully saturated rings. The summed E-state index contributed by atoms with van der Waals surface area (Å²) < 4.78 is 26.2. The lowest BCUT2D eigenvalue weighted by Crippen LogP contribution is -2.38. The van der Waals surface area contributed by atoms with Crippen LogP contribution in [0.5, 0.6) is 0 Å². The fraction of sp³-hybridized carbons (Fsp3) is 0.235. The molecule has 0 saturated heterocycles. The maximum absolute atomic E-state index is 12.4. The van der Waals surface area contributed by atoms with Crippen molar-refractivity contribution in [3.63, 3.8) is 0 Å². The Bertz CT molecular complexity index is 866. The Morgan fingerprint density at radius 1 is 1.12 bits per heavy atom. The van der Waals surface area contributed by atoms with E-state index in [1.54, 1.807) is 30.3 Å². The van der Waals surface area contributed by atoms with E-state index < -0.39 is 15.9 Å². The predicted octanol–water partition coefficient (Wildman–Crippen LogP) is 3.47. The van der Waals surface area contributed by atoms with Crippen LogP contribution in [0.3, 0.4) is 0 Å². The summed E-state index contributed by atoms with van der Waals surface area (Å²) in [7, 11) is -3.59. The van der Waals surface area contributed by atoms with Crippen LogP contribution in [-0.4, -0.2) is 27.1 Å². The molecule has 0 aliphatic carbocycles. The van der Waals surface area contributed by atoms with E-state index in [9.17, 15) is 13.2 Å². The number of rotatable bonds is 5. The first kappa shape index (κ1) is 18.5. The molecule has 24 heavy (non-hydrogen) atoms. The number of sulfonamides is 1. The van der Waals surface area contributed by atoms with Crippen molar-refractivity contribution in [2.75, 3.05) is 22.4 Å². The van der Waals surface area contributed by atoms with Gasteiger partial charge in [-0.2, -0.15) is 0 Å². The van der Waals surface area contributed by atoms with E-state index in [1.807, 2.05) is 26.0 Å². The van der Waals surface area contributed by atoms with Gasteiger partial charge in [0.15, 0.2) is 0 Å². The lowest BCUT2D eigenvalue weighted by Gasteiger charge is -2.24. The zero-order chi connectivity index (χ0) is 17.9. The van der Waals surface area contributed by atoms with Crippen molar-refractivity contribution in [1.82, 2.24) is 0 Å². The zero-order valence-electron chi connectivity index (χ0n) is 13.7. The summed E-state index contributed by atoms with van der Waals surface area (Å²) in [6, 6.07) is 12.6. The highest BCUT2D eigenvalue weighted by atomic mass is 79.9. The number of anilines is 2. The van der Waals surface area contributed by atoms with Gasteiger partial charge in [0.25, 0.3) is 0 Å². The lowest BCUT2D eigenvalue weighted by molar-refractivity contribution is -0.114. The molecule has 0 atom stereocenters. The highest BCUT2D eigenvalue weighted by Crippen LogP contribution is 2.25. The van der Waals surface area contributed by atoms with Crippen LogP contribution in [0.15, 0.2) is 46.9 Å². The highest BCUT2D eigenvalue weighted by Gasteiger charge is 2.23. The third-order valence-corrected chi connectivity index (χ3v) is 5.50. The van der Waals surface area contributed by atoms with Gasteiger partial charge in [-0.25, -0.2) is 8.42 Å². The second-order valence-corrected chi connectivity index (χ2v) is 8.28. The summed E-state index contributed by atoms with van der Waals surface area (Å²) in [6.45, 7) is 3.46. The number of halogens is 1. The number of amides is 1. The van der Waals surface area contributed by atoms with Gasteiger partial charge in [0.1, 0.15) is 6.54 Å². The average molecular weight is 411 g/mol. The summed E-state index contributed by atoms with van der Waals surface area (Å²) in [6.07, 6.45) is 1.10. The van der Waals surface area contributed by atoms with Crippen LogP contribution >= 0.6 is 15.9 Å². The van der Waals surface area contributed by atoms with Crippen molar-refractivity contribution >= 4 is 43.2 Å². The number of nitrogens with zero attached hydrogens (tertiary/aromatic N) is 1. The molecular formula is C17H19BrN2O3S. The maximum Gasteiger partial charge on any atom is 0.245 e. The number of aryl methyl sites for hydroxylation is 1. The molecule has 2 aromatic rings. The SMILES string of the molecule is Cc1cccc(N(CC(=O)Nc2ccccc2Br)S(C)(=O)=O)c1C. The molecule has 0 aliphatic rings. The third-order valence-electron chi connectivity index (χ3n) is 3.68. The highest BCUT2D eigenvalue weighted by molar-refractivity contribution is 9.10. The van der Waals surface area contributed by atoms with Crippen LogP contribution in [0.2, 0.25) is 0 Å². The van der Waals surface area contributed by atoms with Crippen LogP contribution in [0, 0.1) is 13.8 Å². The first-order valence-electron chi connectivity index (χ1n) is 7.28. The Morgan fingerprint density at radius 3 is 2.42 bits per heavy atom. The summed E-state index contributed by atoms with van der Waals surface area (Å²) in [5.74, 6) is -0.409. The maximum atomic E-state index is 12.4. The molecule has 7 heteroatoms. The van der Waals surface area contributed by atoms with Crippen LogP contribution < -0.4 is 9.62 Å². The molecule has 0 spiro atoms. The second kappa shape index (κ2) is 7.36. The Hall–Kier alpha value is -1.86. The molecule has 0 aliphatic heterocycles. The van der Waals surface area contributed by atoms with E-state index in [0.717, 1.165) is 26.2 Å². The molecule has 0 heterocycles. The zero-order valence-corrected chi connectivity index (χ0v) is 16.1. The fourth-order valence-corrected chi connectivity index (χ4v) is 3.56. The molecule has 128 valence electrons. The average Bonchev–Trinajstić information content (AvgIpc) is 2.49. The van der Waals surface area contributed by atoms with E-state index in [4.69, 9.17) is 0 Å². The Labute approximate surface area is 150 Å². The minimum atomic E-state index is -3.59. The Balaban J connectivity index is 2.29. The largest absolute Gasteiger partial charge is 0.323 e. The van der Waals surface area contributed by atoms with Crippen molar-refractivity contribution in [3.8, 4) is 0 Å². The molecule has 0 aromatic heterocycles. The third kappa shape index (κ3) is 4.36. The van der Waals surface area contributed by atoms with E-state index in [-0.39, 0.29) is 6.54 Å². The summed E-state index contributed by atoms with van der Waals surface area (Å²) in [5.41, 5.74) is 2.90. The molecule has 0 radical (unpaired) electrons. The van der Waals surface area contributed by atoms with E-state index in [2.05, 4.69) is 21.2 Å². The number of benzene rings is 2. The van der Waals surface area contributed by atoms with Crippen LogP contribution in [0.25, 0.3) is 0 Å². The number of hydrogen-bond donors (Lipinski definition) is 1. The molecule has 0 bridgehead atoms. The molecule has 1 N–H and O–H groups in total. The first-order chi connectivity index (χ1) is 11.2. The van der Waals surface area contributed by atoms with Crippen molar-refractivity contribution in [3.05, 3.63) is 58.1 Å². The predicted molar refractivity (Wildman–Crippen MR) is 101 cm³/mol. The number of carbonyl (C=O) groups excluding carboxylic acids is 1. The van der Waals surface area contributed by atoms with E-state index in [1.165, 1.54) is 0 Å². The van der Waals surface area contributed by atoms with Gasteiger partial charge in [0, 0.05) is 4.47 Å². The van der Waals surface area contributed by atoms with Gasteiger partial charge in [-0.05, 0) is 59.1 Å². The van der Waals surface area contributed by atoms with Crippen LogP contribution in [0.1, 0.15) is 11.1 Å². The summed E-state index contributed by atoms with van der Waals surface area (Å²) >= 11 is 3.35. The van der Waals surface area contributed by atoms with Gasteiger partial charge in [-0.1, -0.05) is 24.3 Å². The molecule has 5 nitrogen and oxygen atoms in total. The molecule has 1 amide bonds. The lowest BCUT2D eigenvalue weighted by atomic mass is 10.1. The Morgan fingerprint density at radius 2 is 1.79 bits per heavy atom. The van der Waals surface area contributed by atoms with Crippen molar-refractivity contribution in [1.29, 1.82) is 0 Å². The second-order valence-electron chi connectivity index (χ2n) is 5.52. The molecule has 0 saturated carbocycles. The fourth-order valence-electron chi connectivity index (χ4n) is 2.27. The standard InChI is InChI=1S/C17H19BrN2O3S/c1-12-7-6-10-16(13(12)2)20(24(3,22)23)11-17(21)19-15-9-5-4-8-14(15)18/h4-10H,11H2,1-3H3,(H,19,21). The smallest absolute Gasteiger partial charge is 0.245 e. The van der Waals surface area contributed by atoms with Gasteiger partial charge < -0.3 is 5.32 Å². The number of nitrogens with one attached hydrogen (secondary N) is 1. The molecular weight excluding hydrogens is 392 g/mol. The molecule has 2 aromatic carbocycles. The minimum Gasteiger partial charge on any atom is -0.323 e. The Kier molecular flexibility index (Phi) is 5.66. The monoisotopic (exact) mass is 410 g/mol. The van der Waals surface area contributed by atoms with Crippen LogP contribution in [-0.2, 0) is 14.8 Å². The van der Waals surface area contributed by atoms with Crippen molar-refractivity contribution < 1.29 is 13.2 Å². The number of carbonyl (C=O) groups is 1. The van der Waals surface area contributed by atoms with E-state index >= 15 is 0 Å². The summed E-state index contributed by atoms with van der Waals surface area (Å²) in [5, 5.41) is 2.72. The number of hydrogen-bond acceptors (Lipinski definition) is 3. The van der Waals surface area contributed by atoms with Crippen molar-refractivity contribution in [2.24, 2.45) is 0 Å². The van der Waals surface area contributed by atoms with Gasteiger partial charge in [0.05, 0.1) is 17.6 Å².